The molecule has 1 aliphatic rings. The smallest absolute Gasteiger partial charge is 0.409 e. The van der Waals surface area contributed by atoms with E-state index in [2.05, 4.69) is 0 Å². The molecular formula is C15H16F3N3O4. The summed E-state index contributed by atoms with van der Waals surface area (Å²) in [6, 6.07) is 1.45. The molecule has 3 amide bonds. The zero-order chi connectivity index (χ0) is 18.6. The van der Waals surface area contributed by atoms with Crippen LogP contribution < -0.4 is 5.32 Å². The van der Waals surface area contributed by atoms with Crippen LogP contribution in [-0.2, 0) is 14.3 Å². The van der Waals surface area contributed by atoms with Crippen molar-refractivity contribution in [2.75, 3.05) is 38.1 Å². The molecule has 136 valence electrons. The molecule has 1 heterocycles. The molecule has 0 unspecified atom stereocenters. The van der Waals surface area contributed by atoms with Gasteiger partial charge in [0.25, 0.3) is 0 Å². The van der Waals surface area contributed by atoms with Crippen molar-refractivity contribution in [3.8, 4) is 0 Å². The molecule has 0 radical (unpaired) electrons. The maximum absolute atomic E-state index is 13.5. The van der Waals surface area contributed by atoms with Gasteiger partial charge in [0.05, 0.1) is 12.3 Å². The van der Waals surface area contributed by atoms with E-state index in [-0.39, 0.29) is 32.8 Å². The number of piperazine rings is 1. The quantitative estimate of drug-likeness (QED) is 0.639. The molecule has 0 saturated carbocycles. The summed E-state index contributed by atoms with van der Waals surface area (Å²) in [7, 11) is 0. The molecule has 0 aromatic heterocycles. The third kappa shape index (κ3) is 4.20. The summed E-state index contributed by atoms with van der Waals surface area (Å²) < 4.78 is 44.4. The molecular weight excluding hydrogens is 343 g/mol. The van der Waals surface area contributed by atoms with Gasteiger partial charge in [-0.2, -0.15) is 0 Å². The van der Waals surface area contributed by atoms with Gasteiger partial charge >= 0.3 is 17.9 Å². The van der Waals surface area contributed by atoms with E-state index in [4.69, 9.17) is 4.74 Å². The number of carbonyl (C=O) groups is 3. The lowest BCUT2D eigenvalue weighted by Gasteiger charge is -2.33. The molecule has 7 nitrogen and oxygen atoms in total. The van der Waals surface area contributed by atoms with E-state index in [0.717, 1.165) is 6.07 Å². The second-order valence-corrected chi connectivity index (χ2v) is 5.16. The predicted octanol–water partition coefficient (Wildman–Crippen LogP) is 1.34. The van der Waals surface area contributed by atoms with Crippen molar-refractivity contribution >= 4 is 23.6 Å². The van der Waals surface area contributed by atoms with Crippen LogP contribution in [0.1, 0.15) is 6.92 Å². The molecule has 0 atom stereocenters. The zero-order valence-electron chi connectivity index (χ0n) is 13.4. The Kier molecular flexibility index (Phi) is 5.84. The van der Waals surface area contributed by atoms with Crippen LogP contribution in [0.25, 0.3) is 0 Å². The monoisotopic (exact) mass is 359 g/mol. The second kappa shape index (κ2) is 7.86. The number of benzene rings is 1. The maximum atomic E-state index is 13.5. The Balaban J connectivity index is 1.94. The Bertz CT molecular complexity index is 691. The molecule has 10 heteroatoms. The summed E-state index contributed by atoms with van der Waals surface area (Å²) in [5.74, 6) is -6.89. The number of hydrogen-bond donors (Lipinski definition) is 1. The Morgan fingerprint density at radius 3 is 2.24 bits per heavy atom. The topological polar surface area (TPSA) is 79.0 Å². The fourth-order valence-corrected chi connectivity index (χ4v) is 2.25. The minimum atomic E-state index is -1.74. The van der Waals surface area contributed by atoms with E-state index < -0.39 is 41.0 Å². The fraction of sp³-hybridized carbons (Fsp3) is 0.400. The number of hydrogen-bond acceptors (Lipinski definition) is 4. The first-order chi connectivity index (χ1) is 11.8. The predicted molar refractivity (Wildman–Crippen MR) is 80.1 cm³/mol. The molecule has 0 bridgehead atoms. The first-order valence-electron chi connectivity index (χ1n) is 7.50. The summed E-state index contributed by atoms with van der Waals surface area (Å²) in [6.45, 7) is 2.42. The van der Waals surface area contributed by atoms with Gasteiger partial charge in [0.1, 0.15) is 0 Å². The first-order valence-corrected chi connectivity index (χ1v) is 7.50. The highest BCUT2D eigenvalue weighted by atomic mass is 19.2. The Morgan fingerprint density at radius 1 is 1.04 bits per heavy atom. The lowest BCUT2D eigenvalue weighted by atomic mass is 10.2. The number of nitrogens with zero attached hydrogens (tertiary/aromatic N) is 2. The Morgan fingerprint density at radius 2 is 1.64 bits per heavy atom. The van der Waals surface area contributed by atoms with Gasteiger partial charge in [0.15, 0.2) is 17.5 Å². The zero-order valence-corrected chi connectivity index (χ0v) is 13.4. The third-order valence-electron chi connectivity index (χ3n) is 3.57. The molecule has 1 fully saturated rings. The fourth-order valence-electron chi connectivity index (χ4n) is 2.25. The van der Waals surface area contributed by atoms with Crippen molar-refractivity contribution < 1.29 is 32.3 Å². The van der Waals surface area contributed by atoms with Crippen molar-refractivity contribution in [2.24, 2.45) is 0 Å². The molecule has 1 saturated heterocycles. The first kappa shape index (κ1) is 18.6. The van der Waals surface area contributed by atoms with Gasteiger partial charge in [-0.05, 0) is 19.1 Å². The minimum Gasteiger partial charge on any atom is -0.450 e. The number of nitrogens with one attached hydrogen (secondary N) is 1. The number of halogens is 3. The molecule has 25 heavy (non-hydrogen) atoms. The van der Waals surface area contributed by atoms with E-state index in [9.17, 15) is 27.6 Å². The molecule has 1 aromatic rings. The van der Waals surface area contributed by atoms with Crippen molar-refractivity contribution in [1.82, 2.24) is 9.80 Å². The van der Waals surface area contributed by atoms with Gasteiger partial charge in [0, 0.05) is 26.2 Å². The van der Waals surface area contributed by atoms with Crippen LogP contribution in [0.5, 0.6) is 0 Å². The van der Waals surface area contributed by atoms with E-state index >= 15 is 0 Å². The van der Waals surface area contributed by atoms with E-state index in [0.29, 0.717) is 6.07 Å². The lowest BCUT2D eigenvalue weighted by Crippen LogP contribution is -2.53. The number of ether oxygens (including phenoxy) is 1. The van der Waals surface area contributed by atoms with Gasteiger partial charge in [-0.1, -0.05) is 0 Å². The maximum Gasteiger partial charge on any atom is 0.409 e. The number of rotatable bonds is 2. The van der Waals surface area contributed by atoms with Gasteiger partial charge in [-0.3, -0.25) is 9.59 Å². The third-order valence-corrected chi connectivity index (χ3v) is 3.57. The molecule has 0 spiro atoms. The summed E-state index contributed by atoms with van der Waals surface area (Å²) in [5, 5.41) is 1.91. The molecule has 1 aromatic carbocycles. The van der Waals surface area contributed by atoms with Crippen molar-refractivity contribution in [3.05, 3.63) is 29.6 Å². The van der Waals surface area contributed by atoms with Crippen LogP contribution >= 0.6 is 0 Å². The summed E-state index contributed by atoms with van der Waals surface area (Å²) in [5.41, 5.74) is -0.637. The average Bonchev–Trinajstić information content (AvgIpc) is 2.61. The lowest BCUT2D eigenvalue weighted by molar-refractivity contribution is -0.144. The van der Waals surface area contributed by atoms with Crippen LogP contribution in [0.4, 0.5) is 23.7 Å². The van der Waals surface area contributed by atoms with E-state index in [1.54, 1.807) is 6.92 Å². The normalized spacial score (nSPS) is 14.2. The van der Waals surface area contributed by atoms with Gasteiger partial charge < -0.3 is 19.9 Å². The van der Waals surface area contributed by atoms with Crippen molar-refractivity contribution in [3.63, 3.8) is 0 Å². The largest absolute Gasteiger partial charge is 0.450 e. The summed E-state index contributed by atoms with van der Waals surface area (Å²) in [6.07, 6.45) is -0.511. The SMILES string of the molecule is CCOC(=O)N1CCN(C(=O)C(=O)Nc2ccc(F)c(F)c2F)CC1. The summed E-state index contributed by atoms with van der Waals surface area (Å²) in [4.78, 5) is 38.1. The molecule has 2 rings (SSSR count). The highest BCUT2D eigenvalue weighted by molar-refractivity contribution is 6.39. The Labute approximate surface area is 141 Å². The molecule has 1 aliphatic heterocycles. The molecule has 1 N–H and O–H groups in total. The Hall–Kier alpha value is -2.78. The van der Waals surface area contributed by atoms with Crippen LogP contribution in [0.15, 0.2) is 12.1 Å². The van der Waals surface area contributed by atoms with Crippen LogP contribution in [0.2, 0.25) is 0 Å². The van der Waals surface area contributed by atoms with E-state index in [1.807, 2.05) is 5.32 Å². The van der Waals surface area contributed by atoms with Gasteiger partial charge in [-0.15, -0.1) is 0 Å². The highest BCUT2D eigenvalue weighted by Gasteiger charge is 2.29. The second-order valence-electron chi connectivity index (χ2n) is 5.16. The van der Waals surface area contributed by atoms with Crippen LogP contribution in [0.3, 0.4) is 0 Å². The number of carbonyl (C=O) groups excluding carboxylic acids is 3. The molecule has 0 aliphatic carbocycles. The standard InChI is InChI=1S/C15H16F3N3O4/c1-2-25-15(24)21-7-5-20(6-8-21)14(23)13(22)19-10-4-3-9(16)11(17)12(10)18/h3-4H,2,5-8H2,1H3,(H,19,22). The van der Waals surface area contributed by atoms with Gasteiger partial charge in [-0.25, -0.2) is 18.0 Å². The number of anilines is 1. The van der Waals surface area contributed by atoms with Crippen molar-refractivity contribution in [1.29, 1.82) is 0 Å². The minimum absolute atomic E-state index is 0.0886. The van der Waals surface area contributed by atoms with Crippen LogP contribution in [-0.4, -0.2) is 60.5 Å². The van der Waals surface area contributed by atoms with Gasteiger partial charge in [0.2, 0.25) is 0 Å². The average molecular weight is 359 g/mol. The highest BCUT2D eigenvalue weighted by Crippen LogP contribution is 2.19. The van der Waals surface area contributed by atoms with Crippen LogP contribution in [0, 0.1) is 17.5 Å². The van der Waals surface area contributed by atoms with Crippen molar-refractivity contribution in [2.45, 2.75) is 6.92 Å². The number of amides is 3. The summed E-state index contributed by atoms with van der Waals surface area (Å²) >= 11 is 0. The van der Waals surface area contributed by atoms with E-state index in [1.165, 1.54) is 9.80 Å².